The molecule has 2 aliphatic carbocycles. The van der Waals surface area contributed by atoms with E-state index in [1.165, 1.54) is 25.8 Å². The number of carbonyl (C=O) groups is 1. The number of amides is 1. The number of fused-ring (bicyclic) bond motifs is 1. The molecule has 3 aliphatic rings. The molecule has 2 heterocycles. The number of hydrogen-bond donors (Lipinski definition) is 1. The van der Waals surface area contributed by atoms with Crippen molar-refractivity contribution in [2.24, 2.45) is 5.41 Å². The molecule has 1 aromatic heterocycles. The number of nitrogens with zero attached hydrogens (tertiary/aromatic N) is 2. The topological polar surface area (TPSA) is 63.7 Å². The predicted molar refractivity (Wildman–Crippen MR) is 136 cm³/mol. The van der Waals surface area contributed by atoms with E-state index in [1.807, 2.05) is 43.3 Å². The van der Waals surface area contributed by atoms with Crippen molar-refractivity contribution < 1.29 is 14.3 Å². The molecule has 0 bridgehead atoms. The van der Waals surface area contributed by atoms with Crippen LogP contribution in [0, 0.1) is 12.3 Å². The first-order chi connectivity index (χ1) is 16.9. The van der Waals surface area contributed by atoms with Crippen molar-refractivity contribution in [3.63, 3.8) is 0 Å². The first kappa shape index (κ1) is 22.4. The molecular formula is C29H33N3O3. The van der Waals surface area contributed by atoms with Crippen molar-refractivity contribution >= 4 is 16.8 Å². The number of aryl methyl sites for hydroxylation is 1. The molecule has 3 aromatic rings. The lowest BCUT2D eigenvalue weighted by atomic mass is 9.97. The Balaban J connectivity index is 1.21. The summed E-state index contributed by atoms with van der Waals surface area (Å²) in [6.07, 6.45) is 7.48. The maximum Gasteiger partial charge on any atom is 0.252 e. The van der Waals surface area contributed by atoms with Crippen LogP contribution in [-0.2, 0) is 5.54 Å². The number of benzene rings is 2. The van der Waals surface area contributed by atoms with E-state index in [2.05, 4.69) is 28.3 Å². The maximum absolute atomic E-state index is 13.5. The third kappa shape index (κ3) is 4.14. The predicted octanol–water partition coefficient (Wildman–Crippen LogP) is 4.83. The van der Waals surface area contributed by atoms with Crippen LogP contribution in [0.5, 0.6) is 11.5 Å². The van der Waals surface area contributed by atoms with Crippen LogP contribution in [0.1, 0.15) is 53.6 Å². The monoisotopic (exact) mass is 471 g/mol. The molecule has 0 unspecified atom stereocenters. The van der Waals surface area contributed by atoms with Gasteiger partial charge in [-0.2, -0.15) is 0 Å². The molecule has 3 fully saturated rings. The van der Waals surface area contributed by atoms with E-state index in [0.29, 0.717) is 23.6 Å². The summed E-state index contributed by atoms with van der Waals surface area (Å²) in [6.45, 7) is 3.82. The van der Waals surface area contributed by atoms with Crippen molar-refractivity contribution in [2.75, 3.05) is 27.3 Å². The minimum Gasteiger partial charge on any atom is -0.497 e. The Morgan fingerprint density at radius 3 is 2.69 bits per heavy atom. The van der Waals surface area contributed by atoms with Gasteiger partial charge < -0.3 is 14.8 Å². The molecule has 6 rings (SSSR count). The van der Waals surface area contributed by atoms with Crippen LogP contribution < -0.4 is 14.8 Å². The quantitative estimate of drug-likeness (QED) is 0.535. The molecule has 0 radical (unpaired) electrons. The molecule has 6 heteroatoms. The normalized spacial score (nSPS) is 21.7. The average molecular weight is 472 g/mol. The fourth-order valence-corrected chi connectivity index (χ4v) is 5.77. The van der Waals surface area contributed by atoms with E-state index in [0.717, 1.165) is 46.4 Å². The SMILES string of the molecule is COc1cc(C2(NC(=O)c3cc(OC[C@H]4CC5(CC5)CN4C)ccc3C)CC2)c2cccnc2c1. The third-order valence-electron chi connectivity index (χ3n) is 8.28. The zero-order chi connectivity index (χ0) is 24.2. The first-order valence-corrected chi connectivity index (χ1v) is 12.6. The number of likely N-dealkylation sites (tertiary alicyclic amines) is 1. The number of hydrogen-bond acceptors (Lipinski definition) is 5. The van der Waals surface area contributed by atoms with Gasteiger partial charge >= 0.3 is 0 Å². The molecule has 6 nitrogen and oxygen atoms in total. The molecule has 1 amide bonds. The summed E-state index contributed by atoms with van der Waals surface area (Å²) in [4.78, 5) is 20.5. The lowest BCUT2D eigenvalue weighted by molar-refractivity contribution is 0.0930. The number of methoxy groups -OCH3 is 1. The lowest BCUT2D eigenvalue weighted by Gasteiger charge is -2.22. The summed E-state index contributed by atoms with van der Waals surface area (Å²) >= 11 is 0. The van der Waals surface area contributed by atoms with Gasteiger partial charge in [0.1, 0.15) is 18.1 Å². The van der Waals surface area contributed by atoms with Crippen molar-refractivity contribution in [1.82, 2.24) is 15.2 Å². The molecule has 1 aliphatic heterocycles. The van der Waals surface area contributed by atoms with Crippen LogP contribution in [0.4, 0.5) is 0 Å². The van der Waals surface area contributed by atoms with Gasteiger partial charge in [-0.25, -0.2) is 0 Å². The Labute approximate surface area is 206 Å². The van der Waals surface area contributed by atoms with Gasteiger partial charge in [-0.1, -0.05) is 12.1 Å². The summed E-state index contributed by atoms with van der Waals surface area (Å²) in [5.74, 6) is 1.44. The van der Waals surface area contributed by atoms with E-state index >= 15 is 0 Å². The molecule has 1 spiro atoms. The fraction of sp³-hybridized carbons (Fsp3) is 0.448. The van der Waals surface area contributed by atoms with E-state index in [1.54, 1.807) is 13.3 Å². The molecule has 182 valence electrons. The van der Waals surface area contributed by atoms with Gasteiger partial charge in [-0.05, 0) is 86.9 Å². The van der Waals surface area contributed by atoms with E-state index < -0.39 is 5.54 Å². The largest absolute Gasteiger partial charge is 0.497 e. The number of carbonyl (C=O) groups excluding carboxylic acids is 1. The van der Waals surface area contributed by atoms with Crippen LogP contribution in [0.2, 0.25) is 0 Å². The van der Waals surface area contributed by atoms with E-state index in [-0.39, 0.29) is 5.91 Å². The standard InChI is InChI=1S/C29H33N3O3/c1-19-6-7-21(35-17-20-16-28(8-9-28)18-32(20)2)13-24(19)27(33)31-29(10-11-29)25-14-22(34-3)15-26-23(25)5-4-12-30-26/h4-7,12-15,20H,8-11,16-18H2,1-3H3,(H,31,33)/t20-/m1/s1. The van der Waals surface area contributed by atoms with Gasteiger partial charge in [0.25, 0.3) is 5.91 Å². The number of likely N-dealkylation sites (N-methyl/N-ethyl adjacent to an activating group) is 1. The van der Waals surface area contributed by atoms with Gasteiger partial charge in [0.05, 0.1) is 18.2 Å². The molecule has 1 atom stereocenters. The van der Waals surface area contributed by atoms with Gasteiger partial charge in [0, 0.05) is 35.8 Å². The van der Waals surface area contributed by atoms with Gasteiger partial charge in [0.2, 0.25) is 0 Å². The van der Waals surface area contributed by atoms with Crippen LogP contribution >= 0.6 is 0 Å². The summed E-state index contributed by atoms with van der Waals surface area (Å²) in [5.41, 5.74) is 3.70. The Kier molecular flexibility index (Phi) is 5.26. The highest BCUT2D eigenvalue weighted by atomic mass is 16.5. The first-order valence-electron chi connectivity index (χ1n) is 12.6. The minimum absolute atomic E-state index is 0.0692. The van der Waals surface area contributed by atoms with Gasteiger partial charge in [-0.15, -0.1) is 0 Å². The summed E-state index contributed by atoms with van der Waals surface area (Å²) < 4.78 is 11.7. The van der Waals surface area contributed by atoms with Crippen molar-refractivity contribution in [2.45, 2.75) is 50.6 Å². The smallest absolute Gasteiger partial charge is 0.252 e. The van der Waals surface area contributed by atoms with Gasteiger partial charge in [-0.3, -0.25) is 14.7 Å². The van der Waals surface area contributed by atoms with Gasteiger partial charge in [0.15, 0.2) is 0 Å². The number of aromatic nitrogens is 1. The zero-order valence-corrected chi connectivity index (χ0v) is 20.8. The van der Waals surface area contributed by atoms with Crippen LogP contribution in [-0.4, -0.2) is 49.1 Å². The minimum atomic E-state index is -0.401. The van der Waals surface area contributed by atoms with Crippen LogP contribution in [0.15, 0.2) is 48.7 Å². The third-order valence-corrected chi connectivity index (χ3v) is 8.28. The highest BCUT2D eigenvalue weighted by molar-refractivity contribution is 5.97. The number of ether oxygens (including phenoxy) is 2. The lowest BCUT2D eigenvalue weighted by Crippen LogP contribution is -2.35. The zero-order valence-electron chi connectivity index (χ0n) is 20.8. The molecular weight excluding hydrogens is 438 g/mol. The average Bonchev–Trinajstić information content (AvgIpc) is 3.78. The number of pyridine rings is 1. The highest BCUT2D eigenvalue weighted by Crippen LogP contribution is 2.54. The Hall–Kier alpha value is -3.12. The fourth-order valence-electron chi connectivity index (χ4n) is 5.77. The number of rotatable bonds is 7. The second-order valence-electron chi connectivity index (χ2n) is 10.8. The van der Waals surface area contributed by atoms with E-state index in [4.69, 9.17) is 9.47 Å². The van der Waals surface area contributed by atoms with Crippen molar-refractivity contribution in [3.05, 3.63) is 65.4 Å². The summed E-state index contributed by atoms with van der Waals surface area (Å²) in [5, 5.41) is 4.40. The second kappa shape index (κ2) is 8.23. The van der Waals surface area contributed by atoms with E-state index in [9.17, 15) is 4.79 Å². The highest BCUT2D eigenvalue weighted by Gasteiger charge is 2.51. The summed E-state index contributed by atoms with van der Waals surface area (Å²) in [6, 6.07) is 14.3. The Bertz CT molecular complexity index is 1300. The summed E-state index contributed by atoms with van der Waals surface area (Å²) in [7, 11) is 3.86. The molecule has 2 aromatic carbocycles. The second-order valence-corrected chi connectivity index (χ2v) is 10.8. The van der Waals surface area contributed by atoms with Crippen LogP contribution in [0.3, 0.4) is 0 Å². The molecule has 35 heavy (non-hydrogen) atoms. The Morgan fingerprint density at radius 1 is 1.14 bits per heavy atom. The molecule has 1 saturated heterocycles. The molecule has 1 N–H and O–H groups in total. The number of nitrogens with one attached hydrogen (secondary N) is 1. The van der Waals surface area contributed by atoms with Crippen molar-refractivity contribution in [1.29, 1.82) is 0 Å². The molecule has 2 saturated carbocycles. The van der Waals surface area contributed by atoms with Crippen LogP contribution in [0.25, 0.3) is 10.9 Å². The maximum atomic E-state index is 13.5. The Morgan fingerprint density at radius 2 is 1.97 bits per heavy atom. The van der Waals surface area contributed by atoms with Crippen molar-refractivity contribution in [3.8, 4) is 11.5 Å².